The van der Waals surface area contributed by atoms with Crippen LogP contribution in [0.3, 0.4) is 0 Å². The first kappa shape index (κ1) is 17.4. The van der Waals surface area contributed by atoms with Crippen molar-refractivity contribution in [1.29, 1.82) is 0 Å². The number of hydrogen-bond donors (Lipinski definition) is 0. The average Bonchev–Trinajstić information content (AvgIpc) is 3.25. The Labute approximate surface area is 158 Å². The molecule has 0 saturated carbocycles. The molecule has 2 aliphatic rings. The first-order valence-corrected chi connectivity index (χ1v) is 8.90. The Bertz CT molecular complexity index is 904. The van der Waals surface area contributed by atoms with E-state index in [1.807, 2.05) is 24.3 Å². The number of hydrogen-bond acceptors (Lipinski definition) is 4. The second-order valence-corrected chi connectivity index (χ2v) is 7.04. The van der Waals surface area contributed by atoms with Crippen LogP contribution in [0.1, 0.15) is 22.3 Å². The van der Waals surface area contributed by atoms with Crippen molar-refractivity contribution in [2.45, 2.75) is 11.8 Å². The van der Waals surface area contributed by atoms with E-state index in [2.05, 4.69) is 0 Å². The lowest BCUT2D eigenvalue weighted by Crippen LogP contribution is -2.42. The van der Waals surface area contributed by atoms with Crippen molar-refractivity contribution in [3.8, 4) is 11.5 Å². The predicted octanol–water partition coefficient (Wildman–Crippen LogP) is 2.46. The molecule has 2 heterocycles. The number of anilines is 1. The van der Waals surface area contributed by atoms with Crippen molar-refractivity contribution < 1.29 is 19.1 Å². The molecule has 27 heavy (non-hydrogen) atoms. The fraction of sp³-hybridized carbons (Fsp3) is 0.333. The van der Waals surface area contributed by atoms with Crippen molar-refractivity contribution in [1.82, 2.24) is 4.90 Å². The van der Waals surface area contributed by atoms with Crippen LogP contribution in [0.4, 0.5) is 5.69 Å². The van der Waals surface area contributed by atoms with E-state index in [4.69, 9.17) is 9.47 Å². The highest BCUT2D eigenvalue weighted by atomic mass is 16.5. The van der Waals surface area contributed by atoms with E-state index in [0.717, 1.165) is 11.3 Å². The summed E-state index contributed by atoms with van der Waals surface area (Å²) >= 11 is 0. The van der Waals surface area contributed by atoms with Gasteiger partial charge in [-0.25, -0.2) is 0 Å². The first-order valence-electron chi connectivity index (χ1n) is 8.90. The molecule has 1 fully saturated rings. The average molecular weight is 366 g/mol. The largest absolute Gasteiger partial charge is 0.497 e. The highest BCUT2D eigenvalue weighted by Crippen LogP contribution is 2.46. The topological polar surface area (TPSA) is 59.1 Å². The number of nitrogens with zero attached hydrogens (tertiary/aromatic N) is 2. The minimum absolute atomic E-state index is 0.0576. The van der Waals surface area contributed by atoms with E-state index in [1.165, 1.54) is 0 Å². The molecule has 4 rings (SSSR count). The van der Waals surface area contributed by atoms with E-state index in [1.54, 1.807) is 49.3 Å². The second kappa shape index (κ2) is 6.30. The van der Waals surface area contributed by atoms with Gasteiger partial charge in [0.15, 0.2) is 0 Å². The van der Waals surface area contributed by atoms with Gasteiger partial charge in [-0.05, 0) is 30.2 Å². The molecule has 1 spiro atoms. The van der Waals surface area contributed by atoms with Crippen LogP contribution in [0.25, 0.3) is 0 Å². The Kier molecular flexibility index (Phi) is 4.06. The number of rotatable bonds is 3. The van der Waals surface area contributed by atoms with Crippen molar-refractivity contribution in [3.05, 3.63) is 53.6 Å². The predicted molar refractivity (Wildman–Crippen MR) is 102 cm³/mol. The maximum Gasteiger partial charge on any atom is 0.254 e. The quantitative estimate of drug-likeness (QED) is 0.837. The minimum atomic E-state index is -0.649. The van der Waals surface area contributed by atoms with Crippen molar-refractivity contribution in [3.63, 3.8) is 0 Å². The molecule has 1 atom stereocenters. The molecule has 0 radical (unpaired) electrons. The highest BCUT2D eigenvalue weighted by Gasteiger charge is 2.54. The molecular weight excluding hydrogens is 344 g/mol. The minimum Gasteiger partial charge on any atom is -0.497 e. The van der Waals surface area contributed by atoms with Crippen LogP contribution < -0.4 is 14.4 Å². The van der Waals surface area contributed by atoms with Crippen LogP contribution in [0.5, 0.6) is 11.5 Å². The first-order chi connectivity index (χ1) is 13.0. The van der Waals surface area contributed by atoms with E-state index >= 15 is 0 Å². The zero-order valence-corrected chi connectivity index (χ0v) is 15.7. The van der Waals surface area contributed by atoms with Crippen molar-refractivity contribution in [2.75, 3.05) is 39.3 Å². The number of likely N-dealkylation sites (tertiary alicyclic amines) is 1. The Morgan fingerprint density at radius 3 is 2.41 bits per heavy atom. The standard InChI is InChI=1S/C21H22N2O4/c1-22-18-7-5-4-6-17(18)21(20(22)25)8-9-23(13-21)19(24)14-10-15(26-2)12-16(11-14)27-3/h4-7,10-12H,8-9,13H2,1-3H3/t21-/m1/s1. The summed E-state index contributed by atoms with van der Waals surface area (Å²) in [5.74, 6) is 1.06. The Hall–Kier alpha value is -3.02. The maximum absolute atomic E-state index is 13.1. The van der Waals surface area contributed by atoms with E-state index in [9.17, 15) is 9.59 Å². The highest BCUT2D eigenvalue weighted by molar-refractivity contribution is 6.09. The molecule has 1 saturated heterocycles. The summed E-state index contributed by atoms with van der Waals surface area (Å²) in [6, 6.07) is 13.0. The van der Waals surface area contributed by atoms with Crippen LogP contribution >= 0.6 is 0 Å². The third-order valence-corrected chi connectivity index (χ3v) is 5.65. The van der Waals surface area contributed by atoms with Gasteiger partial charge < -0.3 is 19.3 Å². The van der Waals surface area contributed by atoms with Gasteiger partial charge in [0.05, 0.1) is 19.6 Å². The number of likely N-dealkylation sites (N-methyl/N-ethyl adjacent to an activating group) is 1. The smallest absolute Gasteiger partial charge is 0.254 e. The van der Waals surface area contributed by atoms with Crippen LogP contribution in [0, 0.1) is 0 Å². The van der Waals surface area contributed by atoms with Gasteiger partial charge in [0, 0.05) is 37.5 Å². The van der Waals surface area contributed by atoms with Gasteiger partial charge in [-0.15, -0.1) is 0 Å². The molecule has 2 aliphatic heterocycles. The number of fused-ring (bicyclic) bond motifs is 2. The van der Waals surface area contributed by atoms with Gasteiger partial charge in [-0.1, -0.05) is 18.2 Å². The second-order valence-electron chi connectivity index (χ2n) is 7.04. The summed E-state index contributed by atoms with van der Waals surface area (Å²) in [6.07, 6.45) is 0.625. The van der Waals surface area contributed by atoms with Gasteiger partial charge in [0.25, 0.3) is 5.91 Å². The van der Waals surface area contributed by atoms with Crippen LogP contribution in [0.15, 0.2) is 42.5 Å². The van der Waals surface area contributed by atoms with E-state index in [0.29, 0.717) is 36.6 Å². The van der Waals surface area contributed by atoms with E-state index in [-0.39, 0.29) is 11.8 Å². The molecule has 2 amide bonds. The summed E-state index contributed by atoms with van der Waals surface area (Å²) in [4.78, 5) is 29.6. The molecular formula is C21H22N2O4. The number of benzene rings is 2. The number of carbonyl (C=O) groups is 2. The van der Waals surface area contributed by atoms with Crippen LogP contribution in [-0.4, -0.2) is 51.1 Å². The van der Waals surface area contributed by atoms with Gasteiger partial charge in [-0.3, -0.25) is 9.59 Å². The molecule has 2 aromatic rings. The third kappa shape index (κ3) is 2.55. The fourth-order valence-electron chi connectivity index (χ4n) is 4.21. The monoisotopic (exact) mass is 366 g/mol. The Morgan fingerprint density at radius 2 is 1.74 bits per heavy atom. The summed E-state index contributed by atoms with van der Waals surface area (Å²) in [7, 11) is 4.91. The Morgan fingerprint density at radius 1 is 1.07 bits per heavy atom. The van der Waals surface area contributed by atoms with Gasteiger partial charge >= 0.3 is 0 Å². The molecule has 0 aliphatic carbocycles. The molecule has 0 bridgehead atoms. The summed E-state index contributed by atoms with van der Waals surface area (Å²) < 4.78 is 10.5. The zero-order valence-electron chi connectivity index (χ0n) is 15.7. The number of ether oxygens (including phenoxy) is 2. The molecule has 6 nitrogen and oxygen atoms in total. The zero-order chi connectivity index (χ0) is 19.2. The maximum atomic E-state index is 13.1. The van der Waals surface area contributed by atoms with Gasteiger partial charge in [0.1, 0.15) is 11.5 Å². The fourth-order valence-corrected chi connectivity index (χ4v) is 4.21. The summed E-state index contributed by atoms with van der Waals surface area (Å²) in [6.45, 7) is 0.915. The lowest BCUT2D eigenvalue weighted by Gasteiger charge is -2.23. The van der Waals surface area contributed by atoms with Crippen LogP contribution in [0.2, 0.25) is 0 Å². The summed E-state index contributed by atoms with van der Waals surface area (Å²) in [5, 5.41) is 0. The molecule has 0 aromatic heterocycles. The number of carbonyl (C=O) groups excluding carboxylic acids is 2. The molecule has 6 heteroatoms. The number of para-hydroxylation sites is 1. The van der Waals surface area contributed by atoms with Crippen LogP contribution in [-0.2, 0) is 10.2 Å². The summed E-state index contributed by atoms with van der Waals surface area (Å²) in [5.41, 5.74) is 1.79. The lowest BCUT2D eigenvalue weighted by atomic mass is 9.81. The van der Waals surface area contributed by atoms with Gasteiger partial charge in [0.2, 0.25) is 5.91 Å². The molecule has 2 aromatic carbocycles. The normalized spacial score (nSPS) is 20.9. The number of methoxy groups -OCH3 is 2. The molecule has 140 valence electrons. The molecule has 0 unspecified atom stereocenters. The van der Waals surface area contributed by atoms with Gasteiger partial charge in [-0.2, -0.15) is 0 Å². The molecule has 0 N–H and O–H groups in total. The van der Waals surface area contributed by atoms with E-state index < -0.39 is 5.41 Å². The SMILES string of the molecule is COc1cc(OC)cc(C(=O)N2CC[C@]3(C2)C(=O)N(C)c2ccccc23)c1. The third-order valence-electron chi connectivity index (χ3n) is 5.65. The van der Waals surface area contributed by atoms with Crippen molar-refractivity contribution in [2.24, 2.45) is 0 Å². The number of amides is 2. The van der Waals surface area contributed by atoms with Crippen molar-refractivity contribution >= 4 is 17.5 Å². The Balaban J connectivity index is 1.66. The lowest BCUT2D eigenvalue weighted by molar-refractivity contribution is -0.122.